The van der Waals surface area contributed by atoms with Gasteiger partial charge < -0.3 is 10.6 Å². The number of hydrogen-bond donors (Lipinski definition) is 4. The van der Waals surface area contributed by atoms with Gasteiger partial charge in [-0.25, -0.2) is 5.43 Å². The minimum atomic E-state index is -4.52. The van der Waals surface area contributed by atoms with E-state index in [9.17, 15) is 18.0 Å². The third kappa shape index (κ3) is 5.92. The van der Waals surface area contributed by atoms with Gasteiger partial charge in [0.1, 0.15) is 0 Å². The average molecular weight is 495 g/mol. The van der Waals surface area contributed by atoms with Gasteiger partial charge in [0.25, 0.3) is 5.91 Å². The molecular weight excluding hydrogens is 465 g/mol. The molecule has 1 aliphatic heterocycles. The lowest BCUT2D eigenvalue weighted by Gasteiger charge is -2.31. The van der Waals surface area contributed by atoms with Crippen molar-refractivity contribution in [2.45, 2.75) is 63.0 Å². The lowest BCUT2D eigenvalue weighted by Crippen LogP contribution is -2.46. The van der Waals surface area contributed by atoms with Crippen LogP contribution in [0.5, 0.6) is 0 Å². The first-order chi connectivity index (χ1) is 16.2. The standard InChI is InChI=1S/C25H30ClF3N4O/c1-15-22(17-5-3-2-4-6-17)23(33-32-15)30-14-16-7-10-19(11-8-16)31-24(34)20-13-18(25(27,28)29)9-12-21(20)26/h2-6,9,12-13,15-16,19,22-23,30,32-33H,7-8,10-11,14H2,1H3,(H,31,34). The minimum Gasteiger partial charge on any atom is -0.349 e. The third-order valence-electron chi connectivity index (χ3n) is 6.90. The van der Waals surface area contributed by atoms with Crippen LogP contribution in [0, 0.1) is 5.92 Å². The normalized spacial score (nSPS) is 27.5. The van der Waals surface area contributed by atoms with Crippen molar-refractivity contribution in [3.63, 3.8) is 0 Å². The Morgan fingerprint density at radius 3 is 2.44 bits per heavy atom. The number of benzene rings is 2. The van der Waals surface area contributed by atoms with Crippen molar-refractivity contribution in [3.8, 4) is 0 Å². The van der Waals surface area contributed by atoms with Crippen molar-refractivity contribution in [3.05, 3.63) is 70.2 Å². The highest BCUT2D eigenvalue weighted by Crippen LogP contribution is 2.32. The zero-order valence-electron chi connectivity index (χ0n) is 19.0. The molecule has 0 bridgehead atoms. The summed E-state index contributed by atoms with van der Waals surface area (Å²) in [6.45, 7) is 3.02. The summed E-state index contributed by atoms with van der Waals surface area (Å²) in [5.41, 5.74) is 6.95. The van der Waals surface area contributed by atoms with Crippen LogP contribution >= 0.6 is 11.6 Å². The van der Waals surface area contributed by atoms with Crippen LogP contribution in [0.4, 0.5) is 13.2 Å². The fourth-order valence-corrected chi connectivity index (χ4v) is 5.17. The van der Waals surface area contributed by atoms with Gasteiger partial charge in [0.2, 0.25) is 0 Å². The second-order valence-corrected chi connectivity index (χ2v) is 9.69. The smallest absolute Gasteiger partial charge is 0.349 e. The maximum atomic E-state index is 13.0. The minimum absolute atomic E-state index is 0.0169. The van der Waals surface area contributed by atoms with Crippen LogP contribution in [-0.4, -0.2) is 30.7 Å². The van der Waals surface area contributed by atoms with Crippen molar-refractivity contribution in [1.29, 1.82) is 0 Å². The third-order valence-corrected chi connectivity index (χ3v) is 7.23. The van der Waals surface area contributed by atoms with E-state index in [2.05, 4.69) is 52.7 Å². The van der Waals surface area contributed by atoms with Crippen LogP contribution in [-0.2, 0) is 6.18 Å². The van der Waals surface area contributed by atoms with Gasteiger partial charge in [-0.2, -0.15) is 13.2 Å². The quantitative estimate of drug-likeness (QED) is 0.464. The molecule has 0 spiro atoms. The molecule has 1 saturated heterocycles. The molecule has 1 heterocycles. The molecule has 1 aliphatic carbocycles. The Morgan fingerprint density at radius 1 is 1.06 bits per heavy atom. The van der Waals surface area contributed by atoms with E-state index in [1.165, 1.54) is 5.56 Å². The predicted octanol–water partition coefficient (Wildman–Crippen LogP) is 4.84. The molecule has 34 heavy (non-hydrogen) atoms. The van der Waals surface area contributed by atoms with Gasteiger partial charge >= 0.3 is 6.18 Å². The highest BCUT2D eigenvalue weighted by Gasteiger charge is 2.35. The summed E-state index contributed by atoms with van der Waals surface area (Å²) < 4.78 is 39.0. The number of hydrogen-bond acceptors (Lipinski definition) is 4. The first kappa shape index (κ1) is 25.0. The van der Waals surface area contributed by atoms with Crippen molar-refractivity contribution in [2.75, 3.05) is 6.54 Å². The summed E-state index contributed by atoms with van der Waals surface area (Å²) in [6, 6.07) is 13.5. The number of amides is 1. The molecule has 2 aromatic rings. The van der Waals surface area contributed by atoms with Gasteiger partial charge in [-0.15, -0.1) is 0 Å². The predicted molar refractivity (Wildman–Crippen MR) is 126 cm³/mol. The molecule has 184 valence electrons. The fourth-order valence-electron chi connectivity index (χ4n) is 4.97. The molecular formula is C25H30ClF3N4O. The van der Waals surface area contributed by atoms with Crippen LogP contribution < -0.4 is 21.5 Å². The van der Waals surface area contributed by atoms with Crippen LogP contribution in [0.3, 0.4) is 0 Å². The molecule has 4 rings (SSSR count). The van der Waals surface area contributed by atoms with Crippen molar-refractivity contribution < 1.29 is 18.0 Å². The average Bonchev–Trinajstić information content (AvgIpc) is 3.19. The van der Waals surface area contributed by atoms with E-state index in [4.69, 9.17) is 11.6 Å². The number of halogens is 4. The second-order valence-electron chi connectivity index (χ2n) is 9.28. The van der Waals surface area contributed by atoms with E-state index in [1.807, 2.05) is 6.07 Å². The number of carbonyl (C=O) groups is 1. The van der Waals surface area contributed by atoms with Gasteiger partial charge in [-0.05, 0) is 68.8 Å². The van der Waals surface area contributed by atoms with E-state index in [-0.39, 0.29) is 22.8 Å². The van der Waals surface area contributed by atoms with Gasteiger partial charge in [0.05, 0.1) is 22.3 Å². The lowest BCUT2D eigenvalue weighted by molar-refractivity contribution is -0.137. The van der Waals surface area contributed by atoms with Crippen LogP contribution in [0.15, 0.2) is 48.5 Å². The molecule has 1 saturated carbocycles. The lowest BCUT2D eigenvalue weighted by atomic mass is 9.85. The number of alkyl halides is 3. The maximum absolute atomic E-state index is 13.0. The largest absolute Gasteiger partial charge is 0.416 e. The summed E-state index contributed by atoms with van der Waals surface area (Å²) in [6.07, 6.45) is -0.975. The summed E-state index contributed by atoms with van der Waals surface area (Å²) in [5.74, 6) is 0.229. The van der Waals surface area contributed by atoms with Crippen LogP contribution in [0.25, 0.3) is 0 Å². The number of carbonyl (C=O) groups excluding carboxylic acids is 1. The van der Waals surface area contributed by atoms with E-state index in [0.29, 0.717) is 17.9 Å². The van der Waals surface area contributed by atoms with E-state index in [0.717, 1.165) is 50.4 Å². The molecule has 4 N–H and O–H groups in total. The molecule has 1 amide bonds. The van der Waals surface area contributed by atoms with Crippen molar-refractivity contribution >= 4 is 17.5 Å². The van der Waals surface area contributed by atoms with E-state index >= 15 is 0 Å². The number of nitrogens with one attached hydrogen (secondary N) is 4. The Hall–Kier alpha value is -2.13. The van der Waals surface area contributed by atoms with Gasteiger partial charge in [-0.3, -0.25) is 10.2 Å². The molecule has 9 heteroatoms. The van der Waals surface area contributed by atoms with Crippen molar-refractivity contribution in [1.82, 2.24) is 21.5 Å². The van der Waals surface area contributed by atoms with E-state index < -0.39 is 17.6 Å². The zero-order chi connectivity index (χ0) is 24.3. The monoisotopic (exact) mass is 494 g/mol. The fraction of sp³-hybridized carbons (Fsp3) is 0.480. The first-order valence-electron chi connectivity index (χ1n) is 11.7. The summed E-state index contributed by atoms with van der Waals surface area (Å²) >= 11 is 6.00. The SMILES string of the molecule is CC1NNC(NCC2CCC(NC(=O)c3cc(C(F)(F)F)ccc3Cl)CC2)C1c1ccccc1. The Morgan fingerprint density at radius 2 is 1.76 bits per heavy atom. The zero-order valence-corrected chi connectivity index (χ0v) is 19.7. The molecule has 0 radical (unpaired) electrons. The van der Waals surface area contributed by atoms with Gasteiger partial charge in [0, 0.05) is 18.0 Å². The molecule has 5 nitrogen and oxygen atoms in total. The Labute approximate surface area is 202 Å². The molecule has 2 aliphatic rings. The van der Waals surface area contributed by atoms with Crippen LogP contribution in [0.2, 0.25) is 5.02 Å². The Kier molecular flexibility index (Phi) is 7.82. The highest BCUT2D eigenvalue weighted by atomic mass is 35.5. The molecule has 3 atom stereocenters. The number of rotatable bonds is 6. The van der Waals surface area contributed by atoms with Crippen LogP contribution in [0.1, 0.15) is 60.0 Å². The molecule has 0 aromatic heterocycles. The molecule has 2 aromatic carbocycles. The summed E-state index contributed by atoms with van der Waals surface area (Å²) in [4.78, 5) is 12.6. The first-order valence-corrected chi connectivity index (χ1v) is 12.1. The van der Waals surface area contributed by atoms with Gasteiger partial charge in [-0.1, -0.05) is 41.9 Å². The van der Waals surface area contributed by atoms with Gasteiger partial charge in [0.15, 0.2) is 0 Å². The Bertz CT molecular complexity index is 980. The topological polar surface area (TPSA) is 65.2 Å². The Balaban J connectivity index is 1.27. The maximum Gasteiger partial charge on any atom is 0.416 e. The van der Waals surface area contributed by atoms with E-state index in [1.54, 1.807) is 0 Å². The summed E-state index contributed by atoms with van der Waals surface area (Å²) in [5, 5.41) is 6.54. The highest BCUT2D eigenvalue weighted by molar-refractivity contribution is 6.33. The summed E-state index contributed by atoms with van der Waals surface area (Å²) in [7, 11) is 0. The molecule has 2 fully saturated rings. The van der Waals surface area contributed by atoms with Crippen molar-refractivity contribution in [2.24, 2.45) is 5.92 Å². The second kappa shape index (κ2) is 10.6. The number of hydrazine groups is 1. The molecule has 3 unspecified atom stereocenters.